The number of aliphatic hydroxyl groups excluding tert-OH is 1. The fraction of sp³-hybridized carbons (Fsp3) is 0.447. The molecule has 0 fully saturated rings. The molecule has 11 nitrogen and oxygen atoms in total. The molecule has 0 saturated heterocycles. The van der Waals surface area contributed by atoms with E-state index >= 15 is 0 Å². The molecule has 3 heterocycles. The van der Waals surface area contributed by atoms with Crippen LogP contribution in [0, 0.1) is 6.92 Å². The van der Waals surface area contributed by atoms with E-state index in [0.717, 1.165) is 100 Å². The Morgan fingerprint density at radius 1 is 0.900 bits per heavy atom. The number of benzene rings is 2. The van der Waals surface area contributed by atoms with Gasteiger partial charge in [0.2, 0.25) is 0 Å². The Labute approximate surface area is 356 Å². The van der Waals surface area contributed by atoms with Crippen molar-refractivity contribution in [2.24, 2.45) is 4.99 Å². The summed E-state index contributed by atoms with van der Waals surface area (Å²) in [6.07, 6.45) is 15.9. The van der Waals surface area contributed by atoms with Crippen LogP contribution in [-0.4, -0.2) is 62.3 Å². The Bertz CT molecular complexity index is 2500. The van der Waals surface area contributed by atoms with Gasteiger partial charge < -0.3 is 14.7 Å². The number of allylic oxidation sites excluding steroid dienone is 8. The molecule has 3 aromatic rings. The summed E-state index contributed by atoms with van der Waals surface area (Å²) >= 11 is 0. The average molecular weight is 859 g/mol. The summed E-state index contributed by atoms with van der Waals surface area (Å²) in [7, 11) is -8.56. The van der Waals surface area contributed by atoms with E-state index in [1.165, 1.54) is 6.20 Å². The quantitative estimate of drug-likeness (QED) is 0.0685. The van der Waals surface area contributed by atoms with Gasteiger partial charge in [-0.2, -0.15) is 16.8 Å². The molecular formula is C47H60N3O8S2+. The van der Waals surface area contributed by atoms with Crippen molar-refractivity contribution < 1.29 is 40.4 Å². The predicted molar refractivity (Wildman–Crippen MR) is 238 cm³/mol. The molecule has 0 radical (unpaired) electrons. The van der Waals surface area contributed by atoms with Gasteiger partial charge in [0.25, 0.3) is 20.2 Å². The minimum atomic E-state index is -4.44. The lowest BCUT2D eigenvalue weighted by atomic mass is 9.80. The zero-order chi connectivity index (χ0) is 43.5. The van der Waals surface area contributed by atoms with Crippen LogP contribution in [0.5, 0.6) is 5.75 Å². The lowest BCUT2D eigenvalue weighted by Crippen LogP contribution is -2.36. The number of aromatic nitrogens is 1. The van der Waals surface area contributed by atoms with Gasteiger partial charge in [-0.15, -0.1) is 0 Å². The molecule has 322 valence electrons. The van der Waals surface area contributed by atoms with Crippen LogP contribution >= 0.6 is 0 Å². The first-order valence-electron chi connectivity index (χ1n) is 21.0. The monoisotopic (exact) mass is 858 g/mol. The minimum absolute atomic E-state index is 0.114. The van der Waals surface area contributed by atoms with E-state index in [9.17, 15) is 31.0 Å². The van der Waals surface area contributed by atoms with Crippen molar-refractivity contribution in [1.82, 2.24) is 0 Å². The van der Waals surface area contributed by atoms with Crippen LogP contribution < -0.4 is 14.2 Å². The maximum Gasteiger partial charge on any atom is 0.327 e. The van der Waals surface area contributed by atoms with Crippen molar-refractivity contribution in [3.8, 4) is 5.75 Å². The van der Waals surface area contributed by atoms with Gasteiger partial charge >= 0.3 is 5.82 Å². The van der Waals surface area contributed by atoms with Gasteiger partial charge in [0.15, 0.2) is 5.71 Å². The van der Waals surface area contributed by atoms with Gasteiger partial charge in [-0.1, -0.05) is 69.2 Å². The molecule has 13 heteroatoms. The maximum atomic E-state index is 12.4. The number of aliphatic imine (C=N–C) groups is 1. The van der Waals surface area contributed by atoms with Gasteiger partial charge in [0.1, 0.15) is 16.8 Å². The van der Waals surface area contributed by atoms with Crippen molar-refractivity contribution in [1.29, 1.82) is 0 Å². The number of aryl methyl sites for hydroxylation is 2. The van der Waals surface area contributed by atoms with Crippen LogP contribution in [-0.2, 0) is 37.6 Å². The standard InChI is InChI=1S/C47H59N3O8S2/c1-7-8-24-49-32-38(60(55,56)57)31-40-45(49)48-42(46(40,3)4)22-19-34-14-11-15-35(44(34)36-16-12-17-37(30-36)58-27-10-9-26-51)20-23-43-47(5,6)39-29-33(2)18-21-41(39)50(43)25-13-28-59(52,53)54/h12,16-23,29-32,51H,7-11,13-15,24-28H2,1-6H3,(H-,52,53,54,55,56,57)/p+1. The number of pyridine rings is 1. The van der Waals surface area contributed by atoms with Gasteiger partial charge in [0.05, 0.1) is 29.9 Å². The molecule has 0 atom stereocenters. The number of anilines is 1. The molecule has 0 spiro atoms. The summed E-state index contributed by atoms with van der Waals surface area (Å²) in [4.78, 5) is 7.13. The number of aliphatic hydroxyl groups is 1. The highest BCUT2D eigenvalue weighted by atomic mass is 32.2. The second-order valence-corrected chi connectivity index (χ2v) is 20.1. The molecule has 3 N–H and O–H groups in total. The van der Waals surface area contributed by atoms with Crippen LogP contribution in [0.1, 0.15) is 108 Å². The number of unbranched alkanes of at least 4 members (excludes halogenated alkanes) is 2. The zero-order valence-electron chi connectivity index (χ0n) is 35.7. The fourth-order valence-electron chi connectivity index (χ4n) is 8.54. The number of hydrogen-bond donors (Lipinski definition) is 3. The first-order valence-corrected chi connectivity index (χ1v) is 24.1. The van der Waals surface area contributed by atoms with E-state index in [1.807, 2.05) is 36.6 Å². The second kappa shape index (κ2) is 18.3. The van der Waals surface area contributed by atoms with E-state index in [2.05, 4.69) is 81.2 Å². The third-order valence-corrected chi connectivity index (χ3v) is 13.5. The lowest BCUT2D eigenvalue weighted by molar-refractivity contribution is -0.686. The maximum absolute atomic E-state index is 12.4. The third-order valence-electron chi connectivity index (χ3n) is 11.9. The lowest BCUT2D eigenvalue weighted by Gasteiger charge is -2.27. The Balaban J connectivity index is 1.46. The predicted octanol–water partition coefficient (Wildman–Crippen LogP) is 8.92. The van der Waals surface area contributed by atoms with Crippen LogP contribution in [0.4, 0.5) is 11.5 Å². The van der Waals surface area contributed by atoms with Crippen LogP contribution in [0.15, 0.2) is 106 Å². The summed E-state index contributed by atoms with van der Waals surface area (Å²) < 4.78 is 75.8. The Morgan fingerprint density at radius 2 is 1.68 bits per heavy atom. The molecule has 1 aromatic heterocycles. The second-order valence-electron chi connectivity index (χ2n) is 17.1. The summed E-state index contributed by atoms with van der Waals surface area (Å²) in [5.41, 5.74) is 9.18. The highest BCUT2D eigenvalue weighted by Crippen LogP contribution is 2.49. The van der Waals surface area contributed by atoms with Gasteiger partial charge in [0, 0.05) is 30.0 Å². The molecule has 60 heavy (non-hydrogen) atoms. The molecule has 1 aliphatic carbocycles. The van der Waals surface area contributed by atoms with E-state index in [0.29, 0.717) is 31.9 Å². The summed E-state index contributed by atoms with van der Waals surface area (Å²) in [5.74, 6) is 1.10. The molecule has 3 aliphatic rings. The van der Waals surface area contributed by atoms with E-state index in [-0.39, 0.29) is 29.1 Å². The Hall–Kier alpha value is -4.40. The number of hydrogen-bond acceptors (Lipinski definition) is 8. The summed E-state index contributed by atoms with van der Waals surface area (Å²) in [5, 5.41) is 9.30. The van der Waals surface area contributed by atoms with Crippen molar-refractivity contribution in [3.63, 3.8) is 0 Å². The van der Waals surface area contributed by atoms with Gasteiger partial charge in [-0.05, 0) is 135 Å². The molecule has 6 rings (SSSR count). The fourth-order valence-corrected chi connectivity index (χ4v) is 9.57. The highest BCUT2D eigenvalue weighted by molar-refractivity contribution is 7.86. The normalized spacial score (nSPS) is 18.8. The zero-order valence-corrected chi connectivity index (χ0v) is 37.4. The average Bonchev–Trinajstić information content (AvgIpc) is 3.56. The molecule has 0 amide bonds. The molecule has 0 saturated carbocycles. The topological polar surface area (TPSA) is 158 Å². The van der Waals surface area contributed by atoms with E-state index in [4.69, 9.17) is 9.73 Å². The van der Waals surface area contributed by atoms with Crippen molar-refractivity contribution in [2.75, 3.05) is 30.4 Å². The number of rotatable bonds is 17. The van der Waals surface area contributed by atoms with Gasteiger partial charge in [-0.25, -0.2) is 4.57 Å². The Morgan fingerprint density at radius 3 is 2.40 bits per heavy atom. The van der Waals surface area contributed by atoms with Crippen LogP contribution in [0.2, 0.25) is 0 Å². The third kappa shape index (κ3) is 10.0. The molecule has 0 bridgehead atoms. The molecule has 0 unspecified atom stereocenters. The molecule has 2 aromatic carbocycles. The first-order chi connectivity index (χ1) is 28.3. The van der Waals surface area contributed by atoms with Crippen molar-refractivity contribution >= 4 is 43.0 Å². The van der Waals surface area contributed by atoms with Crippen molar-refractivity contribution in [2.45, 2.75) is 115 Å². The van der Waals surface area contributed by atoms with E-state index in [1.54, 1.807) is 6.07 Å². The Kier molecular flexibility index (Phi) is 13.8. The van der Waals surface area contributed by atoms with Gasteiger partial charge in [-0.3, -0.25) is 9.11 Å². The molecular weight excluding hydrogens is 799 g/mol. The van der Waals surface area contributed by atoms with Crippen LogP contribution in [0.3, 0.4) is 0 Å². The number of ether oxygens (including phenoxy) is 1. The largest absolute Gasteiger partial charge is 0.494 e. The highest BCUT2D eigenvalue weighted by Gasteiger charge is 2.44. The smallest absolute Gasteiger partial charge is 0.327 e. The SMILES string of the molecule is CCCC[n+]1cc(S(=O)(=O)O)cc2c1N=C(/C=C/C1=C(c3cccc(OCCCCO)c3)C(=C/C=C3/N(CCCS(=O)(=O)O)c4ccc(C)cc4C3(C)C)/CCC1)C2(C)C. The minimum Gasteiger partial charge on any atom is -0.494 e. The van der Waals surface area contributed by atoms with Crippen LogP contribution in [0.25, 0.3) is 5.57 Å². The first kappa shape index (κ1) is 45.1. The number of fused-ring (bicyclic) bond motifs is 2. The summed E-state index contributed by atoms with van der Waals surface area (Å²) in [6, 6.07) is 16.0. The number of nitrogens with zero attached hydrogens (tertiary/aromatic N) is 3. The molecule has 2 aliphatic heterocycles. The van der Waals surface area contributed by atoms with E-state index < -0.39 is 25.7 Å². The van der Waals surface area contributed by atoms with Crippen molar-refractivity contribution in [3.05, 3.63) is 118 Å². The summed E-state index contributed by atoms with van der Waals surface area (Å²) in [6.45, 7) is 14.2.